The molecule has 80 valence electrons. The van der Waals surface area contributed by atoms with E-state index in [4.69, 9.17) is 4.74 Å². The van der Waals surface area contributed by atoms with Crippen molar-refractivity contribution in [3.05, 3.63) is 0 Å². The summed E-state index contributed by atoms with van der Waals surface area (Å²) in [5.74, 6) is 1.13. The predicted molar refractivity (Wildman–Crippen MR) is 54.7 cm³/mol. The lowest BCUT2D eigenvalue weighted by Gasteiger charge is -2.37. The fourth-order valence-corrected chi connectivity index (χ4v) is 4.00. The molecule has 0 aromatic carbocycles. The normalized spacial score (nSPS) is 44.0. The second kappa shape index (κ2) is 2.74. The number of hydrogen-bond acceptors (Lipinski definition) is 2. The van der Waals surface area contributed by atoms with Crippen LogP contribution in [0.25, 0.3) is 0 Å². The van der Waals surface area contributed by atoms with Crippen molar-refractivity contribution in [2.24, 2.45) is 22.7 Å². The lowest BCUT2D eigenvalue weighted by molar-refractivity contribution is -0.155. The lowest BCUT2D eigenvalue weighted by Crippen LogP contribution is -2.38. The maximum Gasteiger partial charge on any atom is 0.312 e. The van der Waals surface area contributed by atoms with Crippen LogP contribution in [0.1, 0.15) is 40.0 Å². The zero-order chi connectivity index (χ0) is 10.6. The fourth-order valence-electron chi connectivity index (χ4n) is 4.00. The second-order valence-corrected chi connectivity index (χ2v) is 5.53. The summed E-state index contributed by atoms with van der Waals surface area (Å²) in [5, 5.41) is 0. The van der Waals surface area contributed by atoms with Crippen molar-refractivity contribution in [3.8, 4) is 0 Å². The Morgan fingerprint density at radius 1 is 1.43 bits per heavy atom. The number of carbonyl (C=O) groups excluding carboxylic acids is 1. The first-order valence-corrected chi connectivity index (χ1v) is 5.57. The van der Waals surface area contributed by atoms with E-state index in [0.29, 0.717) is 11.8 Å². The highest BCUT2D eigenvalue weighted by atomic mass is 16.5. The molecule has 2 aliphatic carbocycles. The van der Waals surface area contributed by atoms with Crippen LogP contribution in [0.3, 0.4) is 0 Å². The summed E-state index contributed by atoms with van der Waals surface area (Å²) in [6.45, 7) is 6.65. The van der Waals surface area contributed by atoms with Gasteiger partial charge in [0, 0.05) is 0 Å². The Hall–Kier alpha value is -0.530. The minimum absolute atomic E-state index is 0.0275. The smallest absolute Gasteiger partial charge is 0.312 e. The van der Waals surface area contributed by atoms with Gasteiger partial charge in [0.25, 0.3) is 0 Å². The third-order valence-corrected chi connectivity index (χ3v) is 4.76. The number of fused-ring (bicyclic) bond motifs is 1. The van der Waals surface area contributed by atoms with E-state index in [2.05, 4.69) is 20.8 Å². The van der Waals surface area contributed by atoms with E-state index in [1.165, 1.54) is 20.0 Å². The summed E-state index contributed by atoms with van der Waals surface area (Å²) in [7, 11) is 1.52. The van der Waals surface area contributed by atoms with E-state index in [-0.39, 0.29) is 16.8 Å². The summed E-state index contributed by atoms with van der Waals surface area (Å²) in [6.07, 6.45) is 3.63. The molecule has 0 aromatic rings. The van der Waals surface area contributed by atoms with Crippen LogP contribution >= 0.6 is 0 Å². The molecular formula is C12H20O2. The topological polar surface area (TPSA) is 26.3 Å². The average Bonchev–Trinajstić information content (AvgIpc) is 2.73. The van der Waals surface area contributed by atoms with Crippen molar-refractivity contribution >= 4 is 5.97 Å². The predicted octanol–water partition coefficient (Wildman–Crippen LogP) is 2.62. The summed E-state index contributed by atoms with van der Waals surface area (Å²) in [6, 6.07) is 0. The number of rotatable bonds is 1. The van der Waals surface area contributed by atoms with Gasteiger partial charge in [-0.25, -0.2) is 0 Å². The molecule has 0 spiro atoms. The van der Waals surface area contributed by atoms with Gasteiger partial charge in [-0.15, -0.1) is 0 Å². The highest BCUT2D eigenvalue weighted by Gasteiger charge is 2.74. The highest BCUT2D eigenvalue weighted by Crippen LogP contribution is 2.73. The molecule has 2 aliphatic rings. The minimum atomic E-state index is -0.153. The Morgan fingerprint density at radius 3 is 2.57 bits per heavy atom. The average molecular weight is 196 g/mol. The zero-order valence-electron chi connectivity index (χ0n) is 9.59. The summed E-state index contributed by atoms with van der Waals surface area (Å²) in [4.78, 5) is 11.9. The van der Waals surface area contributed by atoms with Crippen molar-refractivity contribution in [2.45, 2.75) is 40.0 Å². The summed E-state index contributed by atoms with van der Waals surface area (Å²) in [5.41, 5.74) is -0.0254. The SMILES string of the molecule is COC(=O)C12C(C)C1CCCC2(C)C. The Labute approximate surface area is 86.0 Å². The lowest BCUT2D eigenvalue weighted by atomic mass is 9.67. The molecule has 0 bridgehead atoms. The maximum atomic E-state index is 11.9. The van der Waals surface area contributed by atoms with E-state index in [1.807, 2.05) is 0 Å². The molecule has 3 unspecified atom stereocenters. The highest BCUT2D eigenvalue weighted by molar-refractivity contribution is 5.82. The van der Waals surface area contributed by atoms with Gasteiger partial charge in [-0.1, -0.05) is 27.2 Å². The van der Waals surface area contributed by atoms with E-state index < -0.39 is 0 Å². The zero-order valence-corrected chi connectivity index (χ0v) is 9.59. The molecule has 0 aliphatic heterocycles. The summed E-state index contributed by atoms with van der Waals surface area (Å²) >= 11 is 0. The quantitative estimate of drug-likeness (QED) is 0.603. The van der Waals surface area contributed by atoms with Crippen molar-refractivity contribution in [1.29, 1.82) is 0 Å². The van der Waals surface area contributed by atoms with Gasteiger partial charge in [0.2, 0.25) is 0 Å². The van der Waals surface area contributed by atoms with Gasteiger partial charge in [-0.05, 0) is 30.1 Å². The van der Waals surface area contributed by atoms with Crippen LogP contribution in [0.15, 0.2) is 0 Å². The molecule has 0 heterocycles. The number of esters is 1. The van der Waals surface area contributed by atoms with E-state index in [9.17, 15) is 4.79 Å². The number of methoxy groups -OCH3 is 1. The van der Waals surface area contributed by atoms with Crippen LogP contribution in [0.2, 0.25) is 0 Å². The van der Waals surface area contributed by atoms with Crippen molar-refractivity contribution in [1.82, 2.24) is 0 Å². The molecule has 0 N–H and O–H groups in total. The molecule has 0 saturated heterocycles. The van der Waals surface area contributed by atoms with Crippen LogP contribution in [0.4, 0.5) is 0 Å². The Kier molecular flexibility index (Phi) is 1.96. The number of ether oxygens (including phenoxy) is 1. The minimum Gasteiger partial charge on any atom is -0.469 e. The van der Waals surface area contributed by atoms with Crippen LogP contribution in [0, 0.1) is 22.7 Å². The van der Waals surface area contributed by atoms with Gasteiger partial charge in [0.05, 0.1) is 12.5 Å². The molecular weight excluding hydrogens is 176 g/mol. The summed E-state index contributed by atoms with van der Waals surface area (Å²) < 4.78 is 5.00. The largest absolute Gasteiger partial charge is 0.469 e. The van der Waals surface area contributed by atoms with Crippen molar-refractivity contribution in [3.63, 3.8) is 0 Å². The Bertz CT molecular complexity index is 269. The van der Waals surface area contributed by atoms with E-state index in [1.54, 1.807) is 0 Å². The molecule has 3 atom stereocenters. The molecule has 0 aromatic heterocycles. The standard InChI is InChI=1S/C12H20O2/c1-8-9-6-5-7-11(2,3)12(8,9)10(13)14-4/h8-9H,5-7H2,1-4H3. The van der Waals surface area contributed by atoms with Gasteiger partial charge in [-0.2, -0.15) is 0 Å². The molecule has 0 amide bonds. The monoisotopic (exact) mass is 196 g/mol. The molecule has 2 saturated carbocycles. The molecule has 2 heteroatoms. The molecule has 2 rings (SSSR count). The van der Waals surface area contributed by atoms with E-state index >= 15 is 0 Å². The van der Waals surface area contributed by atoms with Crippen molar-refractivity contribution in [2.75, 3.05) is 7.11 Å². The van der Waals surface area contributed by atoms with Gasteiger partial charge in [0.15, 0.2) is 0 Å². The van der Waals surface area contributed by atoms with Crippen molar-refractivity contribution < 1.29 is 9.53 Å². The first kappa shape index (κ1) is 10.0. The number of carbonyl (C=O) groups is 1. The molecule has 2 nitrogen and oxygen atoms in total. The fraction of sp³-hybridized carbons (Fsp3) is 0.917. The van der Waals surface area contributed by atoms with E-state index in [0.717, 1.165) is 6.42 Å². The molecule has 14 heavy (non-hydrogen) atoms. The van der Waals surface area contributed by atoms with Crippen LogP contribution in [-0.2, 0) is 9.53 Å². The first-order chi connectivity index (χ1) is 6.48. The van der Waals surface area contributed by atoms with Gasteiger partial charge >= 0.3 is 5.97 Å². The van der Waals surface area contributed by atoms with Gasteiger partial charge < -0.3 is 4.74 Å². The Balaban J connectivity index is 2.35. The van der Waals surface area contributed by atoms with Crippen LogP contribution in [-0.4, -0.2) is 13.1 Å². The van der Waals surface area contributed by atoms with Crippen LogP contribution < -0.4 is 0 Å². The van der Waals surface area contributed by atoms with Gasteiger partial charge in [-0.3, -0.25) is 4.79 Å². The molecule has 0 radical (unpaired) electrons. The Morgan fingerprint density at radius 2 is 2.07 bits per heavy atom. The van der Waals surface area contributed by atoms with Gasteiger partial charge in [0.1, 0.15) is 0 Å². The third-order valence-electron chi connectivity index (χ3n) is 4.76. The maximum absolute atomic E-state index is 11.9. The molecule has 2 fully saturated rings. The second-order valence-electron chi connectivity index (χ2n) is 5.53. The number of hydrogen-bond donors (Lipinski definition) is 0. The first-order valence-electron chi connectivity index (χ1n) is 5.57. The third kappa shape index (κ3) is 0.896. The van der Waals surface area contributed by atoms with Crippen LogP contribution in [0.5, 0.6) is 0 Å².